The van der Waals surface area contributed by atoms with E-state index in [-0.39, 0.29) is 5.54 Å². The Morgan fingerprint density at radius 3 is 2.15 bits per heavy atom. The van der Waals surface area contributed by atoms with Gasteiger partial charge in [-0.1, -0.05) is 35.1 Å². The van der Waals surface area contributed by atoms with Crippen LogP contribution in [0.5, 0.6) is 0 Å². The molecule has 0 radical (unpaired) electrons. The van der Waals surface area contributed by atoms with Gasteiger partial charge in [0.1, 0.15) is 5.00 Å². The van der Waals surface area contributed by atoms with E-state index in [1.54, 1.807) is 22.7 Å². The van der Waals surface area contributed by atoms with Crippen LogP contribution in [0, 0.1) is 0 Å². The Hall–Kier alpha value is -0.840. The molecular weight excluding hydrogens is 308 g/mol. The van der Waals surface area contributed by atoms with E-state index in [0.29, 0.717) is 0 Å². The first-order chi connectivity index (χ1) is 9.26. The molecule has 20 heavy (non-hydrogen) atoms. The maximum atomic E-state index is 5.97. The molecule has 2 rings (SSSR count). The predicted molar refractivity (Wildman–Crippen MR) is 92.3 cm³/mol. The van der Waals surface area contributed by atoms with Gasteiger partial charge in [-0.3, -0.25) is 4.99 Å². The van der Waals surface area contributed by atoms with Crippen LogP contribution in [0.3, 0.4) is 0 Å². The molecule has 0 amide bonds. The summed E-state index contributed by atoms with van der Waals surface area (Å²) in [6.45, 7) is 6.37. The Bertz CT molecular complexity index is 646. The third-order valence-corrected chi connectivity index (χ3v) is 5.32. The van der Waals surface area contributed by atoms with Crippen molar-refractivity contribution in [3.05, 3.63) is 33.3 Å². The molecule has 2 nitrogen and oxygen atoms in total. The van der Waals surface area contributed by atoms with Gasteiger partial charge in [0.15, 0.2) is 3.98 Å². The van der Waals surface area contributed by atoms with Crippen molar-refractivity contribution in [3.63, 3.8) is 0 Å². The van der Waals surface area contributed by atoms with E-state index in [0.717, 1.165) is 9.01 Å². The summed E-state index contributed by atoms with van der Waals surface area (Å²) in [4.78, 5) is 8.18. The van der Waals surface area contributed by atoms with Crippen molar-refractivity contribution in [3.8, 4) is 10.4 Å². The number of hydrogen-bond acceptors (Lipinski definition) is 4. The number of benzene rings is 1. The van der Waals surface area contributed by atoms with Gasteiger partial charge in [-0.25, -0.2) is 0 Å². The zero-order chi connectivity index (χ0) is 14.9. The average Bonchev–Trinajstić information content (AvgIpc) is 2.71. The number of nitrogens with zero attached hydrogens (tertiary/aromatic N) is 2. The molecule has 1 aromatic carbocycles. The van der Waals surface area contributed by atoms with E-state index in [4.69, 9.17) is 16.6 Å². The van der Waals surface area contributed by atoms with Crippen molar-refractivity contribution in [2.75, 3.05) is 19.0 Å². The molecule has 108 valence electrons. The fraction of sp³-hybridized carbons (Fsp3) is 0.400. The van der Waals surface area contributed by atoms with Gasteiger partial charge in [0.05, 0.1) is 10.4 Å². The zero-order valence-electron chi connectivity index (χ0n) is 12.4. The van der Waals surface area contributed by atoms with E-state index in [1.807, 2.05) is 12.1 Å². The SMILES string of the molecule is CN(C)c1sc(=NC(C)(C)C)sc1-c1ccc(Cl)cc1. The Morgan fingerprint density at radius 1 is 1.05 bits per heavy atom. The van der Waals surface area contributed by atoms with Crippen molar-refractivity contribution < 1.29 is 0 Å². The van der Waals surface area contributed by atoms with Gasteiger partial charge in [-0.05, 0) is 38.5 Å². The third-order valence-electron chi connectivity index (χ3n) is 2.51. The van der Waals surface area contributed by atoms with Gasteiger partial charge in [0.2, 0.25) is 0 Å². The number of rotatable bonds is 2. The molecule has 1 heterocycles. The summed E-state index contributed by atoms with van der Waals surface area (Å²) in [5.74, 6) is 0. The summed E-state index contributed by atoms with van der Waals surface area (Å²) in [6.07, 6.45) is 0. The maximum absolute atomic E-state index is 5.97. The second-order valence-electron chi connectivity index (χ2n) is 5.79. The summed E-state index contributed by atoms with van der Waals surface area (Å²) in [6, 6.07) is 7.99. The van der Waals surface area contributed by atoms with Crippen LogP contribution in [-0.4, -0.2) is 19.6 Å². The lowest BCUT2D eigenvalue weighted by Crippen LogP contribution is -2.13. The second-order valence-corrected chi connectivity index (χ2v) is 8.46. The summed E-state index contributed by atoms with van der Waals surface area (Å²) in [5.41, 5.74) is 1.14. The molecule has 0 aliphatic carbocycles. The minimum absolute atomic E-state index is 0.0534. The van der Waals surface area contributed by atoms with Gasteiger partial charge in [-0.2, -0.15) is 0 Å². The summed E-state index contributed by atoms with van der Waals surface area (Å²) < 4.78 is 1.10. The Morgan fingerprint density at radius 2 is 1.65 bits per heavy atom. The lowest BCUT2D eigenvalue weighted by Gasteiger charge is -2.11. The van der Waals surface area contributed by atoms with Crippen LogP contribution < -0.4 is 8.88 Å². The maximum Gasteiger partial charge on any atom is 0.168 e. The molecule has 2 aromatic rings. The van der Waals surface area contributed by atoms with Crippen LogP contribution in [0.1, 0.15) is 20.8 Å². The van der Waals surface area contributed by atoms with E-state index in [2.05, 4.69) is 51.9 Å². The van der Waals surface area contributed by atoms with E-state index in [1.165, 1.54) is 15.4 Å². The normalized spacial score (nSPS) is 12.8. The minimum atomic E-state index is -0.0534. The fourth-order valence-electron chi connectivity index (χ4n) is 1.68. The van der Waals surface area contributed by atoms with Gasteiger partial charge < -0.3 is 4.90 Å². The molecule has 0 saturated carbocycles. The van der Waals surface area contributed by atoms with Crippen LogP contribution in [0.15, 0.2) is 29.3 Å². The van der Waals surface area contributed by atoms with Crippen LogP contribution in [-0.2, 0) is 0 Å². The minimum Gasteiger partial charge on any atom is -0.368 e. The molecule has 0 atom stereocenters. The Labute approximate surface area is 133 Å². The highest BCUT2D eigenvalue weighted by molar-refractivity contribution is 7.32. The third kappa shape index (κ3) is 3.84. The monoisotopic (exact) mass is 326 g/mol. The lowest BCUT2D eigenvalue weighted by atomic mass is 10.1. The van der Waals surface area contributed by atoms with Crippen LogP contribution in [0.2, 0.25) is 5.02 Å². The molecule has 0 fully saturated rings. The summed E-state index contributed by atoms with van der Waals surface area (Å²) >= 11 is 9.45. The highest BCUT2D eigenvalue weighted by Crippen LogP contribution is 2.36. The fourth-order valence-corrected chi connectivity index (χ4v) is 4.60. The van der Waals surface area contributed by atoms with Gasteiger partial charge in [-0.15, -0.1) is 11.3 Å². The van der Waals surface area contributed by atoms with E-state index < -0.39 is 0 Å². The molecule has 0 spiro atoms. The van der Waals surface area contributed by atoms with Crippen molar-refractivity contribution >= 4 is 39.3 Å². The molecule has 1 aromatic heterocycles. The number of halogens is 1. The zero-order valence-corrected chi connectivity index (χ0v) is 14.8. The van der Waals surface area contributed by atoms with Crippen molar-refractivity contribution in [1.29, 1.82) is 0 Å². The van der Waals surface area contributed by atoms with Gasteiger partial charge in [0, 0.05) is 19.1 Å². The first kappa shape index (κ1) is 15.5. The Balaban J connectivity index is 2.57. The first-order valence-corrected chi connectivity index (χ1v) is 8.40. The summed E-state index contributed by atoms with van der Waals surface area (Å²) in [7, 11) is 4.14. The largest absolute Gasteiger partial charge is 0.368 e. The average molecular weight is 327 g/mol. The molecule has 0 aliphatic heterocycles. The van der Waals surface area contributed by atoms with Crippen molar-refractivity contribution in [2.24, 2.45) is 4.99 Å². The van der Waals surface area contributed by atoms with Crippen molar-refractivity contribution in [2.45, 2.75) is 26.3 Å². The highest BCUT2D eigenvalue weighted by Gasteiger charge is 2.14. The molecule has 0 saturated heterocycles. The van der Waals surface area contributed by atoms with Gasteiger partial charge >= 0.3 is 0 Å². The predicted octanol–water partition coefficient (Wildman–Crippen LogP) is 4.90. The Kier molecular flexibility index (Phi) is 4.57. The lowest BCUT2D eigenvalue weighted by molar-refractivity contribution is 0.572. The molecule has 0 bridgehead atoms. The molecule has 0 aliphatic rings. The number of anilines is 1. The highest BCUT2D eigenvalue weighted by atomic mass is 35.5. The smallest absolute Gasteiger partial charge is 0.168 e. The van der Waals surface area contributed by atoms with Crippen LogP contribution in [0.25, 0.3) is 10.4 Å². The topological polar surface area (TPSA) is 15.6 Å². The van der Waals surface area contributed by atoms with Crippen LogP contribution in [0.4, 0.5) is 5.00 Å². The summed E-state index contributed by atoms with van der Waals surface area (Å²) in [5, 5.41) is 2.00. The molecule has 5 heteroatoms. The first-order valence-electron chi connectivity index (χ1n) is 6.39. The quantitative estimate of drug-likeness (QED) is 0.766. The van der Waals surface area contributed by atoms with Gasteiger partial charge in [0.25, 0.3) is 0 Å². The van der Waals surface area contributed by atoms with E-state index in [9.17, 15) is 0 Å². The number of hydrogen-bond donors (Lipinski definition) is 0. The molecule has 0 unspecified atom stereocenters. The standard InChI is InChI=1S/C15H19ClN2S2/c1-15(2,3)17-14-19-12(13(20-14)18(4)5)10-6-8-11(16)9-7-10/h6-9H,1-5H3. The molecule has 0 N–H and O–H groups in total. The van der Waals surface area contributed by atoms with Crippen LogP contribution >= 0.6 is 34.3 Å². The molecular formula is C15H19ClN2S2. The van der Waals surface area contributed by atoms with Crippen molar-refractivity contribution in [1.82, 2.24) is 0 Å². The van der Waals surface area contributed by atoms with E-state index >= 15 is 0 Å². The second kappa shape index (κ2) is 5.88.